The molecule has 0 amide bonds. The van der Waals surface area contributed by atoms with Crippen LogP contribution in [0.2, 0.25) is 5.02 Å². The van der Waals surface area contributed by atoms with Gasteiger partial charge >= 0.3 is 0 Å². The molecule has 0 radical (unpaired) electrons. The Morgan fingerprint density at radius 3 is 2.54 bits per heavy atom. The van der Waals surface area contributed by atoms with Crippen LogP contribution in [0.1, 0.15) is 32.3 Å². The average Bonchev–Trinajstić information content (AvgIpc) is 2.58. The van der Waals surface area contributed by atoms with Crippen molar-refractivity contribution < 1.29 is 4.74 Å². The van der Waals surface area contributed by atoms with Gasteiger partial charge in [0.25, 0.3) is 0 Å². The maximum atomic E-state index is 6.16. The van der Waals surface area contributed by atoms with Crippen molar-refractivity contribution in [3.8, 4) is 5.75 Å². The van der Waals surface area contributed by atoms with Crippen LogP contribution in [0.5, 0.6) is 5.75 Å². The van der Waals surface area contributed by atoms with Gasteiger partial charge in [0.2, 0.25) is 5.95 Å². The topological polar surface area (TPSA) is 50.3 Å². The first-order valence-electron chi connectivity index (χ1n) is 8.28. The highest BCUT2D eigenvalue weighted by Gasteiger charge is 2.11. The standard InChI is InChI=1S/C18H25ClN4O/c1-5-9-23(10-6-2)18-20-8-7-17(22-18)21-15-11-13(3)14(19)12-16(15)24-4/h7-8,11-12H,5-6,9-10H2,1-4H3,(H,20,21,22). The first-order chi connectivity index (χ1) is 11.6. The lowest BCUT2D eigenvalue weighted by atomic mass is 10.2. The summed E-state index contributed by atoms with van der Waals surface area (Å²) in [5.41, 5.74) is 1.81. The van der Waals surface area contributed by atoms with Crippen molar-refractivity contribution in [2.75, 3.05) is 30.4 Å². The Balaban J connectivity index is 2.28. The number of halogens is 1. The maximum Gasteiger partial charge on any atom is 0.227 e. The van der Waals surface area contributed by atoms with E-state index in [9.17, 15) is 0 Å². The monoisotopic (exact) mass is 348 g/mol. The number of methoxy groups -OCH3 is 1. The van der Waals surface area contributed by atoms with E-state index in [0.717, 1.165) is 48.9 Å². The van der Waals surface area contributed by atoms with Gasteiger partial charge in [-0.05, 0) is 37.5 Å². The minimum atomic E-state index is 0.679. The third-order valence-electron chi connectivity index (χ3n) is 3.66. The zero-order valence-electron chi connectivity index (χ0n) is 14.8. The van der Waals surface area contributed by atoms with Gasteiger partial charge in [0, 0.05) is 30.4 Å². The Kier molecular flexibility index (Phi) is 6.67. The molecule has 2 rings (SSSR count). The molecule has 0 spiro atoms. The Bertz CT molecular complexity index is 672. The second-order valence-electron chi connectivity index (χ2n) is 5.66. The Morgan fingerprint density at radius 1 is 1.21 bits per heavy atom. The summed E-state index contributed by atoms with van der Waals surface area (Å²) >= 11 is 6.16. The summed E-state index contributed by atoms with van der Waals surface area (Å²) in [6.07, 6.45) is 3.90. The van der Waals surface area contributed by atoms with Crippen LogP contribution in [0.4, 0.5) is 17.5 Å². The molecule has 2 aromatic rings. The van der Waals surface area contributed by atoms with Gasteiger partial charge in [-0.25, -0.2) is 4.98 Å². The van der Waals surface area contributed by atoms with Gasteiger partial charge in [0.1, 0.15) is 11.6 Å². The number of hydrogen-bond acceptors (Lipinski definition) is 5. The van der Waals surface area contributed by atoms with E-state index in [0.29, 0.717) is 10.8 Å². The lowest BCUT2D eigenvalue weighted by Gasteiger charge is -2.21. The van der Waals surface area contributed by atoms with Gasteiger partial charge in [-0.1, -0.05) is 25.4 Å². The zero-order valence-corrected chi connectivity index (χ0v) is 15.5. The fourth-order valence-corrected chi connectivity index (χ4v) is 2.64. The van der Waals surface area contributed by atoms with Crippen molar-refractivity contribution in [3.05, 3.63) is 35.0 Å². The molecule has 1 aromatic carbocycles. The predicted octanol–water partition coefficient (Wildman–Crippen LogP) is 4.82. The number of nitrogens with one attached hydrogen (secondary N) is 1. The molecule has 0 atom stereocenters. The average molecular weight is 349 g/mol. The molecular formula is C18H25ClN4O. The minimum absolute atomic E-state index is 0.679. The maximum absolute atomic E-state index is 6.16. The summed E-state index contributed by atoms with van der Waals surface area (Å²) in [7, 11) is 1.63. The number of aryl methyl sites for hydroxylation is 1. The summed E-state index contributed by atoms with van der Waals surface area (Å²) in [5.74, 6) is 2.16. The largest absolute Gasteiger partial charge is 0.495 e. The van der Waals surface area contributed by atoms with Gasteiger partial charge in [-0.15, -0.1) is 0 Å². The number of aromatic nitrogens is 2. The smallest absolute Gasteiger partial charge is 0.227 e. The van der Waals surface area contributed by atoms with Gasteiger partial charge in [0.05, 0.1) is 12.8 Å². The van der Waals surface area contributed by atoms with Gasteiger partial charge in [-0.2, -0.15) is 4.98 Å². The molecule has 5 nitrogen and oxygen atoms in total. The molecule has 0 aliphatic carbocycles. The molecule has 0 unspecified atom stereocenters. The first-order valence-corrected chi connectivity index (χ1v) is 8.66. The van der Waals surface area contributed by atoms with Crippen LogP contribution in [0.25, 0.3) is 0 Å². The van der Waals surface area contributed by atoms with Gasteiger partial charge in [-0.3, -0.25) is 0 Å². The third-order valence-corrected chi connectivity index (χ3v) is 4.06. The highest BCUT2D eigenvalue weighted by molar-refractivity contribution is 6.31. The molecule has 0 aliphatic rings. The summed E-state index contributed by atoms with van der Waals surface area (Å²) in [6, 6.07) is 5.61. The van der Waals surface area contributed by atoms with E-state index in [1.807, 2.05) is 25.1 Å². The molecule has 0 bridgehead atoms. The van der Waals surface area contributed by atoms with Gasteiger partial charge < -0.3 is 15.0 Å². The molecule has 1 heterocycles. The predicted molar refractivity (Wildman–Crippen MR) is 101 cm³/mol. The van der Waals surface area contributed by atoms with Crippen molar-refractivity contribution in [3.63, 3.8) is 0 Å². The number of benzene rings is 1. The first kappa shape index (κ1) is 18.3. The highest BCUT2D eigenvalue weighted by atomic mass is 35.5. The fourth-order valence-electron chi connectivity index (χ4n) is 2.49. The quantitative estimate of drug-likeness (QED) is 0.741. The SMILES string of the molecule is CCCN(CCC)c1nccc(Nc2cc(C)c(Cl)cc2OC)n1. The van der Waals surface area contributed by atoms with E-state index in [4.69, 9.17) is 16.3 Å². The molecule has 0 saturated carbocycles. The van der Waals surface area contributed by atoms with Crippen molar-refractivity contribution in [2.24, 2.45) is 0 Å². The number of hydrogen-bond donors (Lipinski definition) is 1. The third kappa shape index (κ3) is 4.51. The second kappa shape index (κ2) is 8.73. The van der Waals surface area contributed by atoms with Crippen LogP contribution < -0.4 is 15.0 Å². The number of rotatable bonds is 8. The number of nitrogens with zero attached hydrogens (tertiary/aromatic N) is 3. The molecule has 6 heteroatoms. The van der Waals surface area contributed by atoms with E-state index in [-0.39, 0.29) is 0 Å². The normalized spacial score (nSPS) is 10.5. The fraction of sp³-hybridized carbons (Fsp3) is 0.444. The summed E-state index contributed by atoms with van der Waals surface area (Å²) in [6.45, 7) is 8.17. The van der Waals surface area contributed by atoms with Crippen LogP contribution in [-0.2, 0) is 0 Å². The van der Waals surface area contributed by atoms with Crippen LogP contribution in [-0.4, -0.2) is 30.2 Å². The second-order valence-corrected chi connectivity index (χ2v) is 6.06. The minimum Gasteiger partial charge on any atom is -0.495 e. The molecular weight excluding hydrogens is 324 g/mol. The van der Waals surface area contributed by atoms with Crippen molar-refractivity contribution in [2.45, 2.75) is 33.6 Å². The summed E-state index contributed by atoms with van der Waals surface area (Å²) < 4.78 is 5.41. The van der Waals surface area contributed by atoms with Crippen LogP contribution in [0.3, 0.4) is 0 Å². The Labute approximate surface area is 149 Å². The zero-order chi connectivity index (χ0) is 17.5. The van der Waals surface area contributed by atoms with Crippen LogP contribution in [0, 0.1) is 6.92 Å². The summed E-state index contributed by atoms with van der Waals surface area (Å²) in [4.78, 5) is 11.3. The molecule has 1 N–H and O–H groups in total. The van der Waals surface area contributed by atoms with Crippen molar-refractivity contribution >= 4 is 29.1 Å². The molecule has 24 heavy (non-hydrogen) atoms. The van der Waals surface area contributed by atoms with E-state index in [1.165, 1.54) is 0 Å². The number of anilines is 3. The molecule has 0 aliphatic heterocycles. The molecule has 0 saturated heterocycles. The van der Waals surface area contributed by atoms with Crippen LogP contribution in [0.15, 0.2) is 24.4 Å². The lowest BCUT2D eigenvalue weighted by Crippen LogP contribution is -2.27. The lowest BCUT2D eigenvalue weighted by molar-refractivity contribution is 0.416. The van der Waals surface area contributed by atoms with Gasteiger partial charge in [0.15, 0.2) is 0 Å². The van der Waals surface area contributed by atoms with Crippen molar-refractivity contribution in [1.29, 1.82) is 0 Å². The molecule has 1 aromatic heterocycles. The van der Waals surface area contributed by atoms with Crippen LogP contribution >= 0.6 is 11.6 Å². The van der Waals surface area contributed by atoms with E-state index < -0.39 is 0 Å². The highest BCUT2D eigenvalue weighted by Crippen LogP contribution is 2.32. The van der Waals surface area contributed by atoms with E-state index in [2.05, 4.69) is 34.0 Å². The Morgan fingerprint density at radius 2 is 1.92 bits per heavy atom. The number of ether oxygens (including phenoxy) is 1. The van der Waals surface area contributed by atoms with E-state index in [1.54, 1.807) is 13.3 Å². The van der Waals surface area contributed by atoms with Crippen molar-refractivity contribution in [1.82, 2.24) is 9.97 Å². The molecule has 130 valence electrons. The Hall–Kier alpha value is -2.01. The van der Waals surface area contributed by atoms with E-state index >= 15 is 0 Å². The molecule has 0 fully saturated rings. The summed E-state index contributed by atoms with van der Waals surface area (Å²) in [5, 5.41) is 3.99.